The second kappa shape index (κ2) is 2.90. The van der Waals surface area contributed by atoms with Crippen molar-refractivity contribution in [1.82, 2.24) is 4.90 Å². The average Bonchev–Trinajstić information content (AvgIpc) is 2.62. The Balaban J connectivity index is 1.99. The van der Waals surface area contributed by atoms with E-state index in [4.69, 9.17) is 5.73 Å². The molecule has 12 heavy (non-hydrogen) atoms. The minimum absolute atomic E-state index is 0.188. The SMILES string of the molecule is NCCCN1C(=O)C2C=CC1C2. The molecule has 2 rings (SSSR count). The van der Waals surface area contributed by atoms with Crippen LogP contribution in [0.3, 0.4) is 0 Å². The van der Waals surface area contributed by atoms with Crippen molar-refractivity contribution < 1.29 is 4.79 Å². The van der Waals surface area contributed by atoms with Crippen molar-refractivity contribution >= 4 is 5.91 Å². The summed E-state index contributed by atoms with van der Waals surface area (Å²) in [7, 11) is 0. The Kier molecular flexibility index (Phi) is 1.89. The van der Waals surface area contributed by atoms with Gasteiger partial charge in [-0.2, -0.15) is 0 Å². The number of fused-ring (bicyclic) bond motifs is 2. The van der Waals surface area contributed by atoms with Gasteiger partial charge in [0.1, 0.15) is 0 Å². The van der Waals surface area contributed by atoms with Crippen LogP contribution < -0.4 is 5.73 Å². The van der Waals surface area contributed by atoms with Gasteiger partial charge in [-0.25, -0.2) is 0 Å². The Morgan fingerprint density at radius 1 is 1.58 bits per heavy atom. The largest absolute Gasteiger partial charge is 0.336 e. The van der Waals surface area contributed by atoms with Gasteiger partial charge in [-0.15, -0.1) is 0 Å². The Labute approximate surface area is 72.2 Å². The highest BCUT2D eigenvalue weighted by Gasteiger charge is 2.39. The zero-order valence-corrected chi connectivity index (χ0v) is 7.07. The molecule has 2 unspecified atom stereocenters. The summed E-state index contributed by atoms with van der Waals surface area (Å²) >= 11 is 0. The number of hydrogen-bond acceptors (Lipinski definition) is 2. The second-order valence-corrected chi connectivity index (χ2v) is 3.47. The van der Waals surface area contributed by atoms with E-state index in [1.165, 1.54) is 0 Å². The van der Waals surface area contributed by atoms with Crippen LogP contribution in [0.15, 0.2) is 12.2 Å². The van der Waals surface area contributed by atoms with Gasteiger partial charge >= 0.3 is 0 Å². The third kappa shape index (κ3) is 1.05. The van der Waals surface area contributed by atoms with E-state index in [1.807, 2.05) is 11.0 Å². The second-order valence-electron chi connectivity index (χ2n) is 3.47. The molecule has 1 amide bonds. The molecule has 2 atom stereocenters. The molecule has 1 saturated heterocycles. The number of carbonyl (C=O) groups is 1. The summed E-state index contributed by atoms with van der Waals surface area (Å²) in [5.74, 6) is 0.490. The predicted molar refractivity (Wildman–Crippen MR) is 46.4 cm³/mol. The van der Waals surface area contributed by atoms with Gasteiger partial charge in [0.2, 0.25) is 5.91 Å². The van der Waals surface area contributed by atoms with Crippen molar-refractivity contribution in [2.45, 2.75) is 18.9 Å². The van der Waals surface area contributed by atoms with E-state index >= 15 is 0 Å². The van der Waals surface area contributed by atoms with Crippen LogP contribution in [-0.2, 0) is 4.79 Å². The van der Waals surface area contributed by atoms with Crippen molar-refractivity contribution in [3.05, 3.63) is 12.2 Å². The number of hydrogen-bond donors (Lipinski definition) is 1. The molecule has 1 aliphatic heterocycles. The van der Waals surface area contributed by atoms with Gasteiger partial charge in [-0.1, -0.05) is 12.2 Å². The molecule has 0 radical (unpaired) electrons. The molecule has 0 aromatic heterocycles. The van der Waals surface area contributed by atoms with E-state index in [2.05, 4.69) is 6.08 Å². The fraction of sp³-hybridized carbons (Fsp3) is 0.667. The normalized spacial score (nSPS) is 32.1. The molecule has 66 valence electrons. The summed E-state index contributed by atoms with van der Waals surface area (Å²) in [5.41, 5.74) is 5.39. The van der Waals surface area contributed by atoms with Gasteiger partial charge in [0.25, 0.3) is 0 Å². The van der Waals surface area contributed by atoms with Crippen molar-refractivity contribution in [1.29, 1.82) is 0 Å². The van der Waals surface area contributed by atoms with E-state index in [1.54, 1.807) is 0 Å². The van der Waals surface area contributed by atoms with Crippen LogP contribution in [-0.4, -0.2) is 29.9 Å². The van der Waals surface area contributed by atoms with Gasteiger partial charge in [-0.05, 0) is 19.4 Å². The van der Waals surface area contributed by atoms with E-state index in [-0.39, 0.29) is 5.92 Å². The zero-order chi connectivity index (χ0) is 8.55. The first kappa shape index (κ1) is 7.80. The summed E-state index contributed by atoms with van der Waals surface area (Å²) in [6.07, 6.45) is 6.10. The summed E-state index contributed by atoms with van der Waals surface area (Å²) in [6.45, 7) is 1.51. The smallest absolute Gasteiger partial charge is 0.230 e. The fourth-order valence-electron chi connectivity index (χ4n) is 2.01. The lowest BCUT2D eigenvalue weighted by Gasteiger charge is -2.23. The highest BCUT2D eigenvalue weighted by molar-refractivity contribution is 5.85. The van der Waals surface area contributed by atoms with E-state index in [0.29, 0.717) is 18.5 Å². The monoisotopic (exact) mass is 166 g/mol. The summed E-state index contributed by atoms with van der Waals surface area (Å²) in [5, 5.41) is 0. The molecule has 3 nitrogen and oxygen atoms in total. The lowest BCUT2D eigenvalue weighted by atomic mass is 10.1. The summed E-state index contributed by atoms with van der Waals surface area (Å²) < 4.78 is 0. The number of nitrogens with two attached hydrogens (primary N) is 1. The number of amides is 1. The molecule has 2 bridgehead atoms. The lowest BCUT2D eigenvalue weighted by Crippen LogP contribution is -2.36. The third-order valence-corrected chi connectivity index (χ3v) is 2.66. The molecule has 0 aromatic rings. The minimum Gasteiger partial charge on any atom is -0.336 e. The van der Waals surface area contributed by atoms with E-state index < -0.39 is 0 Å². The summed E-state index contributed by atoms with van der Waals surface area (Å²) in [6, 6.07) is 0.383. The number of carbonyl (C=O) groups excluding carboxylic acids is 1. The minimum atomic E-state index is 0.188. The van der Waals surface area contributed by atoms with Gasteiger partial charge in [0, 0.05) is 6.54 Å². The number of nitrogens with zero attached hydrogens (tertiary/aromatic N) is 1. The molecule has 2 aliphatic rings. The van der Waals surface area contributed by atoms with Crippen LogP contribution in [0.25, 0.3) is 0 Å². The van der Waals surface area contributed by atoms with Crippen molar-refractivity contribution in [2.75, 3.05) is 13.1 Å². The predicted octanol–water partition coefficient (Wildman–Crippen LogP) is 0.122. The van der Waals surface area contributed by atoms with E-state index in [9.17, 15) is 4.79 Å². The molecule has 1 fully saturated rings. The maximum atomic E-state index is 11.5. The Bertz CT molecular complexity index is 225. The maximum absolute atomic E-state index is 11.5. The number of rotatable bonds is 3. The molecule has 0 spiro atoms. The quantitative estimate of drug-likeness (QED) is 0.605. The van der Waals surface area contributed by atoms with Gasteiger partial charge in [0.05, 0.1) is 12.0 Å². The molecule has 1 aliphatic carbocycles. The molecular formula is C9H14N2O. The molecule has 1 heterocycles. The topological polar surface area (TPSA) is 46.3 Å². The molecule has 2 N–H and O–H groups in total. The highest BCUT2D eigenvalue weighted by Crippen LogP contribution is 2.32. The van der Waals surface area contributed by atoms with Gasteiger partial charge in [0.15, 0.2) is 0 Å². The van der Waals surface area contributed by atoms with Crippen LogP contribution >= 0.6 is 0 Å². The Morgan fingerprint density at radius 2 is 2.42 bits per heavy atom. The molecule has 3 heteroatoms. The van der Waals surface area contributed by atoms with Crippen LogP contribution in [0.4, 0.5) is 0 Å². The third-order valence-electron chi connectivity index (χ3n) is 2.66. The van der Waals surface area contributed by atoms with Crippen molar-refractivity contribution in [3.63, 3.8) is 0 Å². The van der Waals surface area contributed by atoms with Crippen LogP contribution in [0.2, 0.25) is 0 Å². The zero-order valence-electron chi connectivity index (χ0n) is 7.07. The number of likely N-dealkylation sites (tertiary alicyclic amines) is 1. The lowest BCUT2D eigenvalue weighted by molar-refractivity contribution is -0.131. The standard InChI is InChI=1S/C9H14N2O/c10-4-1-5-11-8-3-2-7(6-8)9(11)12/h2-3,7-8H,1,4-6,10H2. The summed E-state index contributed by atoms with van der Waals surface area (Å²) in [4.78, 5) is 13.5. The first-order valence-corrected chi connectivity index (χ1v) is 4.52. The average molecular weight is 166 g/mol. The highest BCUT2D eigenvalue weighted by atomic mass is 16.2. The molecule has 0 aromatic carbocycles. The first-order valence-electron chi connectivity index (χ1n) is 4.52. The van der Waals surface area contributed by atoms with Crippen molar-refractivity contribution in [2.24, 2.45) is 11.7 Å². The molecule has 0 saturated carbocycles. The van der Waals surface area contributed by atoms with Crippen molar-refractivity contribution in [3.8, 4) is 0 Å². The Hall–Kier alpha value is -0.830. The van der Waals surface area contributed by atoms with Crippen LogP contribution in [0.5, 0.6) is 0 Å². The van der Waals surface area contributed by atoms with Gasteiger partial charge < -0.3 is 10.6 Å². The molecular weight excluding hydrogens is 152 g/mol. The fourth-order valence-corrected chi connectivity index (χ4v) is 2.01. The first-order chi connectivity index (χ1) is 5.83. The van der Waals surface area contributed by atoms with Crippen LogP contribution in [0.1, 0.15) is 12.8 Å². The van der Waals surface area contributed by atoms with Gasteiger partial charge in [-0.3, -0.25) is 4.79 Å². The van der Waals surface area contributed by atoms with Crippen LogP contribution in [0, 0.1) is 5.92 Å². The maximum Gasteiger partial charge on any atom is 0.230 e. The Morgan fingerprint density at radius 3 is 3.00 bits per heavy atom. The van der Waals surface area contributed by atoms with E-state index in [0.717, 1.165) is 19.4 Å².